The molecule has 2 aromatic rings. The normalized spacial score (nSPS) is 22.1. The van der Waals surface area contributed by atoms with Gasteiger partial charge in [-0.3, -0.25) is 19.5 Å². The van der Waals surface area contributed by atoms with Gasteiger partial charge in [-0.2, -0.15) is 0 Å². The lowest BCUT2D eigenvalue weighted by Crippen LogP contribution is -2.31. The summed E-state index contributed by atoms with van der Waals surface area (Å²) in [7, 11) is 1.76. The van der Waals surface area contributed by atoms with Crippen LogP contribution < -0.4 is 4.90 Å². The molecule has 7 heteroatoms. The number of allylic oxidation sites excluding steroid dienone is 4. The Hall–Kier alpha value is -3.35. The Kier molecular flexibility index (Phi) is 3.93. The minimum atomic E-state index is -0.544. The average Bonchev–Trinajstić information content (AvgIpc) is 3.12. The van der Waals surface area contributed by atoms with Crippen molar-refractivity contribution in [2.75, 3.05) is 11.9 Å². The van der Waals surface area contributed by atoms with Gasteiger partial charge in [-0.15, -0.1) is 0 Å². The average molecular weight is 401 g/mol. The SMILES string of the molecule is Cc1ncc(C2=CCC3C(=C2)N(c2cnc4c(c2)C(=O)N(C)C4)C(=O)C3(C)C)cn1. The number of aryl methyl sites for hydroxylation is 1. The maximum absolute atomic E-state index is 13.4. The Morgan fingerprint density at radius 3 is 2.57 bits per heavy atom. The number of amides is 2. The van der Waals surface area contributed by atoms with Gasteiger partial charge in [0.15, 0.2) is 0 Å². The molecular weight excluding hydrogens is 378 g/mol. The van der Waals surface area contributed by atoms with E-state index >= 15 is 0 Å². The molecule has 3 aliphatic rings. The maximum Gasteiger partial charge on any atom is 0.255 e. The third-order valence-corrected chi connectivity index (χ3v) is 6.41. The van der Waals surface area contributed by atoms with Gasteiger partial charge in [0.2, 0.25) is 5.91 Å². The summed E-state index contributed by atoms with van der Waals surface area (Å²) in [5.74, 6) is 0.746. The van der Waals surface area contributed by atoms with Gasteiger partial charge in [-0.05, 0) is 31.1 Å². The van der Waals surface area contributed by atoms with E-state index in [-0.39, 0.29) is 17.7 Å². The lowest BCUT2D eigenvalue weighted by atomic mass is 9.75. The van der Waals surface area contributed by atoms with E-state index in [1.54, 1.807) is 29.1 Å². The summed E-state index contributed by atoms with van der Waals surface area (Å²) in [4.78, 5) is 42.4. The van der Waals surface area contributed by atoms with Gasteiger partial charge in [-0.25, -0.2) is 9.97 Å². The number of rotatable bonds is 2. The van der Waals surface area contributed by atoms with Gasteiger partial charge in [0, 0.05) is 36.6 Å². The number of hydrogen-bond donors (Lipinski definition) is 0. The first-order chi connectivity index (χ1) is 14.3. The largest absolute Gasteiger partial charge is 0.336 e. The van der Waals surface area contributed by atoms with Crippen molar-refractivity contribution in [3.05, 3.63) is 65.2 Å². The summed E-state index contributed by atoms with van der Waals surface area (Å²) >= 11 is 0. The van der Waals surface area contributed by atoms with Crippen molar-refractivity contribution in [1.29, 1.82) is 0 Å². The van der Waals surface area contributed by atoms with Crippen molar-refractivity contribution in [2.45, 2.75) is 33.7 Å². The molecule has 5 rings (SSSR count). The minimum Gasteiger partial charge on any atom is -0.336 e. The van der Waals surface area contributed by atoms with Crippen LogP contribution >= 0.6 is 0 Å². The lowest BCUT2D eigenvalue weighted by Gasteiger charge is -2.26. The van der Waals surface area contributed by atoms with Crippen LogP contribution in [0.15, 0.2) is 42.5 Å². The maximum atomic E-state index is 13.4. The molecule has 2 amide bonds. The Morgan fingerprint density at radius 2 is 1.83 bits per heavy atom. The zero-order chi connectivity index (χ0) is 21.2. The van der Waals surface area contributed by atoms with E-state index < -0.39 is 5.41 Å². The van der Waals surface area contributed by atoms with E-state index in [2.05, 4.69) is 27.1 Å². The second-order valence-corrected chi connectivity index (χ2v) is 8.75. The summed E-state index contributed by atoms with van der Waals surface area (Å²) in [6, 6.07) is 1.80. The molecule has 1 unspecified atom stereocenters. The fraction of sp³-hybridized carbons (Fsp3) is 0.348. The molecule has 152 valence electrons. The van der Waals surface area contributed by atoms with E-state index in [1.165, 1.54) is 0 Å². The summed E-state index contributed by atoms with van der Waals surface area (Å²) in [5.41, 5.74) is 4.28. The first kappa shape index (κ1) is 18.7. The fourth-order valence-electron chi connectivity index (χ4n) is 4.55. The van der Waals surface area contributed by atoms with Crippen molar-refractivity contribution >= 4 is 23.1 Å². The van der Waals surface area contributed by atoms with Gasteiger partial charge >= 0.3 is 0 Å². The highest BCUT2D eigenvalue weighted by molar-refractivity contribution is 6.06. The highest BCUT2D eigenvalue weighted by atomic mass is 16.2. The zero-order valence-corrected chi connectivity index (χ0v) is 17.5. The second kappa shape index (κ2) is 6.32. The highest BCUT2D eigenvalue weighted by Crippen LogP contribution is 2.50. The number of carbonyl (C=O) groups is 2. The molecule has 30 heavy (non-hydrogen) atoms. The molecule has 0 N–H and O–H groups in total. The molecule has 7 nitrogen and oxygen atoms in total. The predicted octanol–water partition coefficient (Wildman–Crippen LogP) is 3.13. The lowest BCUT2D eigenvalue weighted by molar-refractivity contribution is -0.125. The molecule has 2 aliphatic heterocycles. The van der Waals surface area contributed by atoms with Gasteiger partial charge in [0.05, 0.1) is 35.1 Å². The van der Waals surface area contributed by atoms with Crippen LogP contribution in [-0.4, -0.2) is 38.7 Å². The summed E-state index contributed by atoms with van der Waals surface area (Å²) < 4.78 is 0. The van der Waals surface area contributed by atoms with Crippen molar-refractivity contribution in [2.24, 2.45) is 11.3 Å². The second-order valence-electron chi connectivity index (χ2n) is 8.75. The first-order valence-electron chi connectivity index (χ1n) is 10.1. The van der Waals surface area contributed by atoms with Crippen molar-refractivity contribution < 1.29 is 9.59 Å². The van der Waals surface area contributed by atoms with Crippen LogP contribution in [0, 0.1) is 18.3 Å². The number of pyridine rings is 1. The summed E-state index contributed by atoms with van der Waals surface area (Å²) in [6.07, 6.45) is 10.3. The predicted molar refractivity (Wildman–Crippen MR) is 112 cm³/mol. The van der Waals surface area contributed by atoms with Crippen molar-refractivity contribution in [1.82, 2.24) is 19.9 Å². The number of anilines is 1. The molecule has 4 heterocycles. The molecule has 0 radical (unpaired) electrons. The quantitative estimate of drug-likeness (QED) is 0.772. The van der Waals surface area contributed by atoms with Gasteiger partial charge < -0.3 is 4.90 Å². The molecule has 0 bridgehead atoms. The topological polar surface area (TPSA) is 79.3 Å². The van der Waals surface area contributed by atoms with Crippen LogP contribution in [0.5, 0.6) is 0 Å². The van der Waals surface area contributed by atoms with Crippen LogP contribution in [0.2, 0.25) is 0 Å². The Bertz CT molecular complexity index is 1150. The molecule has 1 fully saturated rings. The number of aromatic nitrogens is 3. The molecule has 0 saturated carbocycles. The molecule has 2 aromatic heterocycles. The number of carbonyl (C=O) groups excluding carboxylic acids is 2. The third-order valence-electron chi connectivity index (χ3n) is 6.41. The van der Waals surface area contributed by atoms with E-state index in [1.807, 2.05) is 33.2 Å². The van der Waals surface area contributed by atoms with Crippen LogP contribution in [0.3, 0.4) is 0 Å². The van der Waals surface area contributed by atoms with E-state index in [0.717, 1.165) is 34.8 Å². The van der Waals surface area contributed by atoms with Crippen molar-refractivity contribution in [3.8, 4) is 0 Å². The van der Waals surface area contributed by atoms with Gasteiger partial charge in [0.25, 0.3) is 5.91 Å². The molecule has 0 aromatic carbocycles. The first-order valence-corrected chi connectivity index (χ1v) is 10.1. The van der Waals surface area contributed by atoms with Crippen LogP contribution in [0.1, 0.15) is 47.7 Å². The Labute approximate surface area is 175 Å². The zero-order valence-electron chi connectivity index (χ0n) is 17.5. The highest BCUT2D eigenvalue weighted by Gasteiger charge is 2.51. The smallest absolute Gasteiger partial charge is 0.255 e. The van der Waals surface area contributed by atoms with E-state index in [4.69, 9.17) is 0 Å². The molecule has 0 spiro atoms. The summed E-state index contributed by atoms with van der Waals surface area (Å²) in [6.45, 7) is 6.33. The van der Waals surface area contributed by atoms with Crippen molar-refractivity contribution in [3.63, 3.8) is 0 Å². The number of hydrogen-bond acceptors (Lipinski definition) is 5. The Balaban J connectivity index is 1.60. The standard InChI is InChI=1S/C23H23N5O2/c1-13-24-9-15(10-25-13)14-5-6-18-20(7-14)28(22(30)23(18,2)3)16-8-17-19(26-11-16)12-27(4)21(17)29/h5,7-11,18H,6,12H2,1-4H3. The third kappa shape index (κ3) is 2.61. The monoisotopic (exact) mass is 401 g/mol. The van der Waals surface area contributed by atoms with Gasteiger partial charge in [-0.1, -0.05) is 19.9 Å². The van der Waals surface area contributed by atoms with Gasteiger partial charge in [0.1, 0.15) is 5.82 Å². The molecule has 1 saturated heterocycles. The molecular formula is C23H23N5O2. The Morgan fingerprint density at radius 1 is 1.10 bits per heavy atom. The number of nitrogens with zero attached hydrogens (tertiary/aromatic N) is 5. The number of fused-ring (bicyclic) bond motifs is 2. The van der Waals surface area contributed by atoms with Crippen LogP contribution in [0.25, 0.3) is 5.57 Å². The fourth-order valence-corrected chi connectivity index (χ4v) is 4.55. The van der Waals surface area contributed by atoms with E-state index in [0.29, 0.717) is 17.8 Å². The summed E-state index contributed by atoms with van der Waals surface area (Å²) in [5, 5.41) is 0. The minimum absolute atomic E-state index is 0.0223. The molecule has 1 aliphatic carbocycles. The van der Waals surface area contributed by atoms with Crippen LogP contribution in [-0.2, 0) is 11.3 Å². The molecule has 1 atom stereocenters. The van der Waals surface area contributed by atoms with E-state index in [9.17, 15) is 9.59 Å². The van der Waals surface area contributed by atoms with Crippen LogP contribution in [0.4, 0.5) is 5.69 Å².